The number of hydrogen-bond donors (Lipinski definition) is 3. The van der Waals surface area contributed by atoms with Gasteiger partial charge >= 0.3 is 0 Å². The SMILES string of the molecule is O=C(C=Cc1ccccc1)N[C@@H](CO)C(=O)Nc1nccs1. The van der Waals surface area contributed by atoms with Crippen molar-refractivity contribution >= 4 is 34.4 Å². The van der Waals surface area contributed by atoms with E-state index in [1.807, 2.05) is 30.3 Å². The van der Waals surface area contributed by atoms with E-state index < -0.39 is 24.5 Å². The Bertz CT molecular complexity index is 641. The number of carbonyl (C=O) groups is 2. The number of rotatable bonds is 6. The standard InChI is InChI=1S/C15H15N3O3S/c19-10-12(14(21)18-15-16-8-9-22-15)17-13(20)7-6-11-4-2-1-3-5-11/h1-9,12,19H,10H2,(H,17,20)(H,16,18,21)/t12-/m0/s1. The van der Waals surface area contributed by atoms with E-state index in [1.165, 1.54) is 17.4 Å². The Labute approximate surface area is 131 Å². The summed E-state index contributed by atoms with van der Waals surface area (Å²) in [7, 11) is 0. The molecule has 22 heavy (non-hydrogen) atoms. The number of thiazole rings is 1. The third kappa shape index (κ3) is 4.80. The summed E-state index contributed by atoms with van der Waals surface area (Å²) in [6.45, 7) is -0.498. The van der Waals surface area contributed by atoms with Gasteiger partial charge < -0.3 is 15.7 Å². The minimum atomic E-state index is -1.03. The number of aliphatic hydroxyl groups excluding tert-OH is 1. The first-order valence-corrected chi connectivity index (χ1v) is 7.42. The molecule has 114 valence electrons. The zero-order valence-corrected chi connectivity index (χ0v) is 12.4. The van der Waals surface area contributed by atoms with Crippen LogP contribution in [0.4, 0.5) is 5.13 Å². The van der Waals surface area contributed by atoms with Gasteiger partial charge in [0.15, 0.2) is 5.13 Å². The number of carbonyl (C=O) groups excluding carboxylic acids is 2. The number of aliphatic hydroxyl groups is 1. The highest BCUT2D eigenvalue weighted by Gasteiger charge is 2.19. The average molecular weight is 317 g/mol. The van der Waals surface area contributed by atoms with Crippen molar-refractivity contribution in [1.82, 2.24) is 10.3 Å². The van der Waals surface area contributed by atoms with Gasteiger partial charge in [-0.3, -0.25) is 9.59 Å². The van der Waals surface area contributed by atoms with E-state index in [0.29, 0.717) is 5.13 Å². The molecule has 0 saturated carbocycles. The molecule has 1 heterocycles. The first-order valence-electron chi connectivity index (χ1n) is 6.54. The van der Waals surface area contributed by atoms with Gasteiger partial charge in [-0.1, -0.05) is 30.3 Å². The summed E-state index contributed by atoms with van der Waals surface area (Å²) in [5, 5.41) is 16.3. The molecular weight excluding hydrogens is 302 g/mol. The van der Waals surface area contributed by atoms with Crippen LogP contribution >= 0.6 is 11.3 Å². The molecule has 0 aliphatic carbocycles. The minimum Gasteiger partial charge on any atom is -0.394 e. The highest BCUT2D eigenvalue weighted by atomic mass is 32.1. The molecule has 2 amide bonds. The summed E-state index contributed by atoms with van der Waals surface area (Å²) < 4.78 is 0. The van der Waals surface area contributed by atoms with Gasteiger partial charge in [0.05, 0.1) is 6.61 Å². The number of amides is 2. The lowest BCUT2D eigenvalue weighted by molar-refractivity contribution is -0.124. The summed E-state index contributed by atoms with van der Waals surface area (Å²) in [5.41, 5.74) is 0.866. The van der Waals surface area contributed by atoms with Crippen LogP contribution in [0.3, 0.4) is 0 Å². The van der Waals surface area contributed by atoms with Crippen LogP contribution in [0.1, 0.15) is 5.56 Å². The third-order valence-corrected chi connectivity index (χ3v) is 3.39. The first kappa shape index (κ1) is 15.9. The van der Waals surface area contributed by atoms with Crippen molar-refractivity contribution in [3.05, 3.63) is 53.5 Å². The Morgan fingerprint density at radius 3 is 2.73 bits per heavy atom. The third-order valence-electron chi connectivity index (χ3n) is 2.70. The van der Waals surface area contributed by atoms with Gasteiger partial charge in [-0.05, 0) is 11.6 Å². The van der Waals surface area contributed by atoms with Crippen molar-refractivity contribution in [3.8, 4) is 0 Å². The monoisotopic (exact) mass is 317 g/mol. The Morgan fingerprint density at radius 1 is 1.32 bits per heavy atom. The molecule has 0 fully saturated rings. The highest BCUT2D eigenvalue weighted by Crippen LogP contribution is 2.10. The van der Waals surface area contributed by atoms with Crippen LogP contribution in [-0.2, 0) is 9.59 Å². The van der Waals surface area contributed by atoms with Gasteiger partial charge in [0.2, 0.25) is 5.91 Å². The van der Waals surface area contributed by atoms with Crippen molar-refractivity contribution in [3.63, 3.8) is 0 Å². The van der Waals surface area contributed by atoms with E-state index in [-0.39, 0.29) is 0 Å². The fourth-order valence-electron chi connectivity index (χ4n) is 1.63. The van der Waals surface area contributed by atoms with Crippen molar-refractivity contribution in [2.75, 3.05) is 11.9 Å². The smallest absolute Gasteiger partial charge is 0.251 e. The van der Waals surface area contributed by atoms with E-state index in [4.69, 9.17) is 0 Å². The predicted molar refractivity (Wildman–Crippen MR) is 85.2 cm³/mol. The molecule has 1 atom stereocenters. The van der Waals surface area contributed by atoms with Crippen LogP contribution in [0.25, 0.3) is 6.08 Å². The van der Waals surface area contributed by atoms with Crippen molar-refractivity contribution in [1.29, 1.82) is 0 Å². The summed E-state index contributed by atoms with van der Waals surface area (Å²) in [6, 6.07) is 8.26. The zero-order valence-electron chi connectivity index (χ0n) is 11.6. The lowest BCUT2D eigenvalue weighted by Gasteiger charge is -2.13. The molecule has 0 bridgehead atoms. The summed E-state index contributed by atoms with van der Waals surface area (Å²) in [6.07, 6.45) is 4.49. The summed E-state index contributed by atoms with van der Waals surface area (Å²) >= 11 is 1.25. The van der Waals surface area contributed by atoms with Crippen LogP contribution in [-0.4, -0.2) is 34.6 Å². The molecule has 2 rings (SSSR count). The predicted octanol–water partition coefficient (Wildman–Crippen LogP) is 1.27. The maximum absolute atomic E-state index is 11.9. The normalized spacial score (nSPS) is 12.0. The van der Waals surface area contributed by atoms with Gasteiger partial charge in [-0.2, -0.15) is 0 Å². The van der Waals surface area contributed by atoms with Crippen LogP contribution in [0.15, 0.2) is 48.0 Å². The maximum atomic E-state index is 11.9. The summed E-state index contributed by atoms with van der Waals surface area (Å²) in [4.78, 5) is 27.6. The van der Waals surface area contributed by atoms with E-state index in [1.54, 1.807) is 17.7 Å². The number of hydrogen-bond acceptors (Lipinski definition) is 5. The molecule has 0 aliphatic rings. The topological polar surface area (TPSA) is 91.3 Å². The molecule has 0 unspecified atom stereocenters. The Kier molecular flexibility index (Phi) is 5.81. The number of benzene rings is 1. The molecule has 3 N–H and O–H groups in total. The first-order chi connectivity index (χ1) is 10.7. The fourth-order valence-corrected chi connectivity index (χ4v) is 2.16. The quantitative estimate of drug-likeness (QED) is 0.700. The van der Waals surface area contributed by atoms with Crippen molar-refractivity contribution < 1.29 is 14.7 Å². The molecule has 0 radical (unpaired) electrons. The number of aromatic nitrogens is 1. The van der Waals surface area contributed by atoms with Crippen LogP contribution in [0, 0.1) is 0 Å². The molecular formula is C15H15N3O3S. The van der Waals surface area contributed by atoms with Crippen LogP contribution in [0.2, 0.25) is 0 Å². The van der Waals surface area contributed by atoms with Crippen LogP contribution in [0.5, 0.6) is 0 Å². The number of anilines is 1. The second kappa shape index (κ2) is 8.06. The Balaban J connectivity index is 1.90. The van der Waals surface area contributed by atoms with Gasteiger partial charge in [-0.25, -0.2) is 4.98 Å². The highest BCUT2D eigenvalue weighted by molar-refractivity contribution is 7.13. The lowest BCUT2D eigenvalue weighted by atomic mass is 10.2. The molecule has 1 aromatic heterocycles. The van der Waals surface area contributed by atoms with Crippen molar-refractivity contribution in [2.45, 2.75) is 6.04 Å². The van der Waals surface area contributed by atoms with Gasteiger partial charge in [0.1, 0.15) is 6.04 Å². The molecule has 2 aromatic rings. The molecule has 6 nitrogen and oxygen atoms in total. The minimum absolute atomic E-state index is 0.414. The molecule has 0 aliphatic heterocycles. The maximum Gasteiger partial charge on any atom is 0.251 e. The van der Waals surface area contributed by atoms with E-state index >= 15 is 0 Å². The second-order valence-corrected chi connectivity index (χ2v) is 5.21. The molecule has 7 heteroatoms. The molecule has 0 spiro atoms. The second-order valence-electron chi connectivity index (χ2n) is 4.31. The molecule has 1 aromatic carbocycles. The fraction of sp³-hybridized carbons (Fsp3) is 0.133. The van der Waals surface area contributed by atoms with Gasteiger partial charge in [-0.15, -0.1) is 11.3 Å². The van der Waals surface area contributed by atoms with Crippen molar-refractivity contribution in [2.24, 2.45) is 0 Å². The van der Waals surface area contributed by atoms with Crippen LogP contribution < -0.4 is 10.6 Å². The van der Waals surface area contributed by atoms with Gasteiger partial charge in [0, 0.05) is 17.7 Å². The van der Waals surface area contributed by atoms with E-state index in [2.05, 4.69) is 15.6 Å². The van der Waals surface area contributed by atoms with E-state index in [0.717, 1.165) is 5.56 Å². The molecule has 0 saturated heterocycles. The largest absolute Gasteiger partial charge is 0.394 e. The van der Waals surface area contributed by atoms with Gasteiger partial charge in [0.25, 0.3) is 5.91 Å². The number of nitrogens with one attached hydrogen (secondary N) is 2. The Hall–Kier alpha value is -2.51. The average Bonchev–Trinajstić information content (AvgIpc) is 3.04. The lowest BCUT2D eigenvalue weighted by Crippen LogP contribution is -2.45. The van der Waals surface area contributed by atoms with E-state index in [9.17, 15) is 14.7 Å². The number of nitrogens with zero attached hydrogens (tertiary/aromatic N) is 1. The Morgan fingerprint density at radius 2 is 2.09 bits per heavy atom. The summed E-state index contributed by atoms with van der Waals surface area (Å²) in [5.74, 6) is -0.976. The zero-order chi connectivity index (χ0) is 15.8.